The number of nitrogens with one attached hydrogen (secondary N) is 1. The van der Waals surface area contributed by atoms with E-state index in [-0.39, 0.29) is 11.8 Å². The van der Waals surface area contributed by atoms with Crippen molar-refractivity contribution in [2.24, 2.45) is 17.8 Å². The Hall–Kier alpha value is -1.51. The summed E-state index contributed by atoms with van der Waals surface area (Å²) in [6, 6.07) is 7.40. The van der Waals surface area contributed by atoms with Crippen LogP contribution in [0.4, 0.5) is 5.69 Å². The van der Waals surface area contributed by atoms with E-state index in [2.05, 4.69) is 33.0 Å². The molecule has 0 radical (unpaired) electrons. The Morgan fingerprint density at radius 3 is 1.94 bits per heavy atom. The molecule has 0 aliphatic rings. The number of carbonyl (C=O) groups is 1. The molecule has 0 fully saturated rings. The van der Waals surface area contributed by atoms with E-state index in [1.807, 2.05) is 24.3 Å². The number of rotatable bonds is 5. The Morgan fingerprint density at radius 1 is 1.06 bits per heavy atom. The van der Waals surface area contributed by atoms with Crippen LogP contribution in [0.2, 0.25) is 0 Å². The molecule has 0 aromatic heterocycles. The maximum atomic E-state index is 12.2. The zero-order valence-corrected chi connectivity index (χ0v) is 11.9. The molecular formula is C15H23NO2. The fraction of sp³-hybridized carbons (Fsp3) is 0.533. The number of carbonyl (C=O) groups excluding carboxylic acids is 1. The van der Waals surface area contributed by atoms with Crippen molar-refractivity contribution >= 4 is 11.6 Å². The van der Waals surface area contributed by atoms with Crippen molar-refractivity contribution in [3.63, 3.8) is 0 Å². The quantitative estimate of drug-likeness (QED) is 0.866. The van der Waals surface area contributed by atoms with Crippen molar-refractivity contribution in [1.29, 1.82) is 0 Å². The summed E-state index contributed by atoms with van der Waals surface area (Å²) >= 11 is 0. The van der Waals surface area contributed by atoms with E-state index >= 15 is 0 Å². The fourth-order valence-corrected chi connectivity index (χ4v) is 2.28. The van der Waals surface area contributed by atoms with Crippen LogP contribution in [-0.4, -0.2) is 13.0 Å². The van der Waals surface area contributed by atoms with Crippen molar-refractivity contribution in [3.05, 3.63) is 24.3 Å². The highest BCUT2D eigenvalue weighted by Crippen LogP contribution is 2.23. The lowest BCUT2D eigenvalue weighted by Crippen LogP contribution is -2.30. The second kappa shape index (κ2) is 6.43. The third-order valence-electron chi connectivity index (χ3n) is 3.10. The molecule has 0 atom stereocenters. The number of hydrogen-bond donors (Lipinski definition) is 1. The molecular weight excluding hydrogens is 226 g/mol. The Bertz CT molecular complexity index is 374. The molecule has 18 heavy (non-hydrogen) atoms. The number of benzene rings is 1. The average Bonchev–Trinajstić information content (AvgIpc) is 2.28. The predicted molar refractivity (Wildman–Crippen MR) is 74.8 cm³/mol. The van der Waals surface area contributed by atoms with Crippen LogP contribution in [0.15, 0.2) is 24.3 Å². The van der Waals surface area contributed by atoms with Crippen molar-refractivity contribution in [2.75, 3.05) is 12.4 Å². The van der Waals surface area contributed by atoms with Crippen LogP contribution in [0.5, 0.6) is 5.75 Å². The second-order valence-electron chi connectivity index (χ2n) is 5.23. The zero-order chi connectivity index (χ0) is 13.7. The second-order valence-corrected chi connectivity index (χ2v) is 5.23. The molecule has 0 aliphatic heterocycles. The first-order valence-electron chi connectivity index (χ1n) is 6.40. The molecule has 0 spiro atoms. The Labute approximate surface area is 110 Å². The van der Waals surface area contributed by atoms with Crippen molar-refractivity contribution in [1.82, 2.24) is 0 Å². The van der Waals surface area contributed by atoms with Crippen LogP contribution < -0.4 is 10.1 Å². The molecule has 100 valence electrons. The lowest BCUT2D eigenvalue weighted by molar-refractivity contribution is -0.122. The number of ether oxygens (including phenoxy) is 1. The summed E-state index contributed by atoms with van der Waals surface area (Å²) < 4.78 is 5.09. The standard InChI is InChI=1S/C15H23NO2/c1-10(2)14(11(3)4)15(17)16-12-6-8-13(18-5)9-7-12/h6-11,14H,1-5H3,(H,16,17). The van der Waals surface area contributed by atoms with Crippen molar-refractivity contribution in [2.45, 2.75) is 27.7 Å². The maximum Gasteiger partial charge on any atom is 0.228 e. The minimum atomic E-state index is 0.0344. The molecule has 1 rings (SSSR count). The van der Waals surface area contributed by atoms with E-state index < -0.39 is 0 Å². The van der Waals surface area contributed by atoms with E-state index in [1.165, 1.54) is 0 Å². The summed E-state index contributed by atoms with van der Waals surface area (Å²) in [5, 5.41) is 2.96. The van der Waals surface area contributed by atoms with Gasteiger partial charge in [-0.05, 0) is 36.1 Å². The lowest BCUT2D eigenvalue weighted by atomic mass is 9.85. The molecule has 1 aromatic carbocycles. The molecule has 0 saturated heterocycles. The highest BCUT2D eigenvalue weighted by Gasteiger charge is 2.25. The van der Waals surface area contributed by atoms with Crippen LogP contribution in [-0.2, 0) is 4.79 Å². The Kier molecular flexibility index (Phi) is 5.20. The first-order valence-corrected chi connectivity index (χ1v) is 6.40. The third kappa shape index (κ3) is 3.76. The first-order chi connectivity index (χ1) is 8.45. The van der Waals surface area contributed by atoms with E-state index in [0.717, 1.165) is 11.4 Å². The summed E-state index contributed by atoms with van der Waals surface area (Å²) in [6.07, 6.45) is 0. The van der Waals surface area contributed by atoms with E-state index in [4.69, 9.17) is 4.74 Å². The highest BCUT2D eigenvalue weighted by atomic mass is 16.5. The number of amides is 1. The monoisotopic (exact) mass is 249 g/mol. The smallest absolute Gasteiger partial charge is 0.228 e. The normalized spacial score (nSPS) is 11.1. The molecule has 0 saturated carbocycles. The molecule has 0 heterocycles. The summed E-state index contributed by atoms with van der Waals surface area (Å²) in [5.41, 5.74) is 0.812. The molecule has 1 aromatic rings. The summed E-state index contributed by atoms with van der Waals surface area (Å²) in [6.45, 7) is 8.33. The lowest BCUT2D eigenvalue weighted by Gasteiger charge is -2.23. The Morgan fingerprint density at radius 2 is 1.56 bits per heavy atom. The van der Waals surface area contributed by atoms with Gasteiger partial charge in [-0.15, -0.1) is 0 Å². The average molecular weight is 249 g/mol. The fourth-order valence-electron chi connectivity index (χ4n) is 2.28. The third-order valence-corrected chi connectivity index (χ3v) is 3.10. The van der Waals surface area contributed by atoms with Crippen LogP contribution in [0.25, 0.3) is 0 Å². The topological polar surface area (TPSA) is 38.3 Å². The number of methoxy groups -OCH3 is 1. The van der Waals surface area contributed by atoms with Gasteiger partial charge in [0.05, 0.1) is 7.11 Å². The van der Waals surface area contributed by atoms with Gasteiger partial charge in [0.2, 0.25) is 5.91 Å². The molecule has 1 amide bonds. The van der Waals surface area contributed by atoms with Gasteiger partial charge in [-0.2, -0.15) is 0 Å². The minimum absolute atomic E-state index is 0.0344. The molecule has 0 bridgehead atoms. The van der Waals surface area contributed by atoms with Gasteiger partial charge < -0.3 is 10.1 Å². The van der Waals surface area contributed by atoms with Gasteiger partial charge in [-0.25, -0.2) is 0 Å². The van der Waals surface area contributed by atoms with Gasteiger partial charge in [0.15, 0.2) is 0 Å². The maximum absolute atomic E-state index is 12.2. The van der Waals surface area contributed by atoms with Gasteiger partial charge in [0.1, 0.15) is 5.75 Å². The number of anilines is 1. The van der Waals surface area contributed by atoms with Crippen molar-refractivity contribution in [3.8, 4) is 5.75 Å². The largest absolute Gasteiger partial charge is 0.497 e. The summed E-state index contributed by atoms with van der Waals surface area (Å²) in [5.74, 6) is 1.58. The van der Waals surface area contributed by atoms with Gasteiger partial charge in [-0.3, -0.25) is 4.79 Å². The molecule has 0 aliphatic carbocycles. The van der Waals surface area contributed by atoms with Gasteiger partial charge in [-0.1, -0.05) is 27.7 Å². The van der Waals surface area contributed by atoms with E-state index in [1.54, 1.807) is 7.11 Å². The molecule has 3 nitrogen and oxygen atoms in total. The SMILES string of the molecule is COc1ccc(NC(=O)C(C(C)C)C(C)C)cc1. The van der Waals surface area contributed by atoms with E-state index in [0.29, 0.717) is 11.8 Å². The molecule has 3 heteroatoms. The van der Waals surface area contributed by atoms with Crippen LogP contribution in [0.3, 0.4) is 0 Å². The van der Waals surface area contributed by atoms with E-state index in [9.17, 15) is 4.79 Å². The summed E-state index contributed by atoms with van der Waals surface area (Å²) in [4.78, 5) is 12.2. The van der Waals surface area contributed by atoms with Crippen LogP contribution in [0, 0.1) is 17.8 Å². The first kappa shape index (κ1) is 14.6. The minimum Gasteiger partial charge on any atom is -0.497 e. The summed E-state index contributed by atoms with van der Waals surface area (Å²) in [7, 11) is 1.63. The highest BCUT2D eigenvalue weighted by molar-refractivity contribution is 5.92. The van der Waals surface area contributed by atoms with Gasteiger partial charge in [0.25, 0.3) is 0 Å². The van der Waals surface area contributed by atoms with Crippen molar-refractivity contribution < 1.29 is 9.53 Å². The van der Waals surface area contributed by atoms with Crippen LogP contribution in [0.1, 0.15) is 27.7 Å². The predicted octanol–water partition coefficient (Wildman–Crippen LogP) is 3.56. The van der Waals surface area contributed by atoms with Gasteiger partial charge in [0, 0.05) is 11.6 Å². The van der Waals surface area contributed by atoms with Gasteiger partial charge >= 0.3 is 0 Å². The molecule has 0 unspecified atom stereocenters. The zero-order valence-electron chi connectivity index (χ0n) is 11.9. The Balaban J connectivity index is 2.73. The number of hydrogen-bond acceptors (Lipinski definition) is 2. The van der Waals surface area contributed by atoms with Crippen LogP contribution >= 0.6 is 0 Å². The molecule has 1 N–H and O–H groups in total.